The number of nitrogens with zero attached hydrogens (tertiary/aromatic N) is 4. The number of likely N-dealkylation sites (tertiary alicyclic amines) is 1. The number of anilines is 2. The molecule has 2 aliphatic rings. The van der Waals surface area contributed by atoms with Crippen molar-refractivity contribution >= 4 is 34.1 Å². The first kappa shape index (κ1) is 25.3. The summed E-state index contributed by atoms with van der Waals surface area (Å²) in [4.78, 5) is 37.2. The number of nitrogens with one attached hydrogen (secondary N) is 2. The van der Waals surface area contributed by atoms with Crippen LogP contribution in [0.5, 0.6) is 11.5 Å². The SMILES string of the molecule is COc1cc(C(=O)NC2CCN(C)CC2)ccc1Nc1ncc2c(n1)c(C1=C=CC=C1)c(OC)c(=O)n2C. The number of carbonyl (C=O) groups excluding carboxylic acids is 1. The van der Waals surface area contributed by atoms with Crippen LogP contribution < -0.4 is 25.7 Å². The second-order valence-corrected chi connectivity index (χ2v) is 9.37. The van der Waals surface area contributed by atoms with Crippen LogP contribution >= 0.6 is 0 Å². The molecule has 1 fully saturated rings. The number of benzene rings is 1. The molecule has 0 bridgehead atoms. The van der Waals surface area contributed by atoms with Crippen molar-refractivity contribution in [1.29, 1.82) is 0 Å². The summed E-state index contributed by atoms with van der Waals surface area (Å²) in [6.07, 6.45) is 8.91. The van der Waals surface area contributed by atoms with Gasteiger partial charge in [0.2, 0.25) is 5.95 Å². The molecule has 1 aliphatic carbocycles. The fraction of sp³-hybridized carbons (Fsp3) is 0.321. The van der Waals surface area contributed by atoms with Gasteiger partial charge in [-0.25, -0.2) is 9.97 Å². The minimum Gasteiger partial charge on any atom is -0.495 e. The van der Waals surface area contributed by atoms with Crippen molar-refractivity contribution in [3.8, 4) is 11.5 Å². The van der Waals surface area contributed by atoms with Crippen LogP contribution in [0.25, 0.3) is 16.6 Å². The Morgan fingerprint density at radius 1 is 1.16 bits per heavy atom. The van der Waals surface area contributed by atoms with Crippen LogP contribution in [0.1, 0.15) is 28.8 Å². The lowest BCUT2D eigenvalue weighted by atomic mass is 10.0. The molecule has 10 nitrogen and oxygen atoms in total. The number of amides is 1. The Hall–Kier alpha value is -4.40. The predicted octanol–water partition coefficient (Wildman–Crippen LogP) is 3.02. The van der Waals surface area contributed by atoms with Gasteiger partial charge in [-0.1, -0.05) is 6.08 Å². The molecule has 0 atom stereocenters. The number of ether oxygens (including phenoxy) is 2. The number of aryl methyl sites for hydroxylation is 1. The third kappa shape index (κ3) is 4.79. The summed E-state index contributed by atoms with van der Waals surface area (Å²) in [5.74, 6) is 0.833. The van der Waals surface area contributed by atoms with E-state index in [2.05, 4.69) is 33.3 Å². The van der Waals surface area contributed by atoms with Crippen LogP contribution in [0.15, 0.2) is 53.1 Å². The number of aromatic nitrogens is 3. The van der Waals surface area contributed by atoms with Crippen molar-refractivity contribution in [2.45, 2.75) is 18.9 Å². The first-order chi connectivity index (χ1) is 18.4. The van der Waals surface area contributed by atoms with Crippen LogP contribution in [-0.2, 0) is 7.05 Å². The molecule has 0 radical (unpaired) electrons. The molecular formula is C28H30N6O4. The van der Waals surface area contributed by atoms with Crippen molar-refractivity contribution in [1.82, 2.24) is 24.8 Å². The summed E-state index contributed by atoms with van der Waals surface area (Å²) in [6.45, 7) is 1.93. The normalized spacial score (nSPS) is 15.5. The fourth-order valence-corrected chi connectivity index (χ4v) is 4.74. The summed E-state index contributed by atoms with van der Waals surface area (Å²) < 4.78 is 12.5. The molecule has 0 spiro atoms. The smallest absolute Gasteiger partial charge is 0.293 e. The highest BCUT2D eigenvalue weighted by atomic mass is 16.5. The van der Waals surface area contributed by atoms with E-state index in [0.29, 0.717) is 45.1 Å². The number of hydrogen-bond acceptors (Lipinski definition) is 8. The molecule has 10 heteroatoms. The molecule has 1 amide bonds. The molecule has 5 rings (SSSR count). The Morgan fingerprint density at radius 3 is 2.63 bits per heavy atom. The molecule has 0 unspecified atom stereocenters. The average Bonchev–Trinajstić information content (AvgIpc) is 3.46. The van der Waals surface area contributed by atoms with Gasteiger partial charge in [-0.05, 0) is 63.3 Å². The molecule has 3 heterocycles. The lowest BCUT2D eigenvalue weighted by Gasteiger charge is -2.29. The van der Waals surface area contributed by atoms with Gasteiger partial charge in [0.15, 0.2) is 5.75 Å². The number of allylic oxidation sites excluding steroid dienone is 3. The molecule has 196 valence electrons. The van der Waals surface area contributed by atoms with Crippen molar-refractivity contribution < 1.29 is 14.3 Å². The van der Waals surface area contributed by atoms with E-state index in [1.54, 1.807) is 44.6 Å². The summed E-state index contributed by atoms with van der Waals surface area (Å²) >= 11 is 0. The highest BCUT2D eigenvalue weighted by Crippen LogP contribution is 2.33. The second kappa shape index (κ2) is 10.5. The maximum atomic E-state index is 12.9. The number of rotatable bonds is 7. The predicted molar refractivity (Wildman–Crippen MR) is 146 cm³/mol. The second-order valence-electron chi connectivity index (χ2n) is 9.37. The number of fused-ring (bicyclic) bond motifs is 1. The number of piperidine rings is 1. The van der Waals surface area contributed by atoms with Crippen LogP contribution in [0.4, 0.5) is 11.6 Å². The number of pyridine rings is 1. The molecule has 2 aromatic heterocycles. The van der Waals surface area contributed by atoms with Gasteiger partial charge in [0.25, 0.3) is 11.5 Å². The van der Waals surface area contributed by atoms with Gasteiger partial charge >= 0.3 is 0 Å². The largest absolute Gasteiger partial charge is 0.495 e. The Morgan fingerprint density at radius 2 is 1.95 bits per heavy atom. The molecular weight excluding hydrogens is 484 g/mol. The van der Waals surface area contributed by atoms with Crippen LogP contribution in [0.3, 0.4) is 0 Å². The van der Waals surface area contributed by atoms with E-state index in [9.17, 15) is 9.59 Å². The summed E-state index contributed by atoms with van der Waals surface area (Å²) in [6, 6.07) is 5.37. The molecule has 38 heavy (non-hydrogen) atoms. The maximum Gasteiger partial charge on any atom is 0.293 e. The molecule has 3 aromatic rings. The number of hydrogen-bond donors (Lipinski definition) is 2. The third-order valence-corrected chi connectivity index (χ3v) is 6.93. The first-order valence-corrected chi connectivity index (χ1v) is 12.4. The number of methoxy groups -OCH3 is 2. The zero-order valence-corrected chi connectivity index (χ0v) is 21.9. The highest BCUT2D eigenvalue weighted by molar-refractivity contribution is 5.96. The van der Waals surface area contributed by atoms with Gasteiger partial charge in [0.1, 0.15) is 11.3 Å². The number of carbonyl (C=O) groups is 1. The average molecular weight is 515 g/mol. The van der Waals surface area contributed by atoms with Crippen molar-refractivity contribution in [2.75, 3.05) is 39.7 Å². The molecule has 0 saturated carbocycles. The van der Waals surface area contributed by atoms with Gasteiger partial charge in [-0.2, -0.15) is 0 Å². The van der Waals surface area contributed by atoms with E-state index >= 15 is 0 Å². The Balaban J connectivity index is 1.46. The first-order valence-electron chi connectivity index (χ1n) is 12.4. The molecule has 1 aromatic carbocycles. The van der Waals surface area contributed by atoms with E-state index < -0.39 is 0 Å². The van der Waals surface area contributed by atoms with Crippen LogP contribution in [0.2, 0.25) is 0 Å². The fourth-order valence-electron chi connectivity index (χ4n) is 4.74. The minimum atomic E-state index is -0.287. The van der Waals surface area contributed by atoms with Gasteiger partial charge in [0, 0.05) is 24.2 Å². The van der Waals surface area contributed by atoms with E-state index in [0.717, 1.165) is 25.9 Å². The van der Waals surface area contributed by atoms with Gasteiger partial charge in [-0.15, -0.1) is 5.73 Å². The Kier molecular flexibility index (Phi) is 7.00. The monoisotopic (exact) mass is 514 g/mol. The summed E-state index contributed by atoms with van der Waals surface area (Å²) in [5, 5.41) is 6.32. The Bertz CT molecular complexity index is 1560. The van der Waals surface area contributed by atoms with Gasteiger partial charge in [0.05, 0.1) is 37.2 Å². The van der Waals surface area contributed by atoms with E-state index in [1.165, 1.54) is 11.7 Å². The van der Waals surface area contributed by atoms with Crippen LogP contribution in [0, 0.1) is 0 Å². The standard InChI is InChI=1S/C28H30N6O4/c1-33-13-11-19(12-14-33)30-26(35)18-9-10-20(22(15-18)37-3)31-28-29-16-21-24(32-28)23(17-7-5-6-8-17)25(38-4)27(36)34(21)2/h5-7,9-10,15-16,19H,11-14H2,1-4H3,(H,30,35)(H,29,31,32). The lowest BCUT2D eigenvalue weighted by Crippen LogP contribution is -2.43. The highest BCUT2D eigenvalue weighted by Gasteiger charge is 2.22. The Labute approximate surface area is 220 Å². The van der Waals surface area contributed by atoms with Crippen LogP contribution in [-0.4, -0.2) is 65.7 Å². The van der Waals surface area contributed by atoms with E-state index in [4.69, 9.17) is 14.5 Å². The van der Waals surface area contributed by atoms with Crippen molar-refractivity contribution in [2.24, 2.45) is 7.05 Å². The zero-order chi connectivity index (χ0) is 26.8. The molecule has 1 aliphatic heterocycles. The summed E-state index contributed by atoms with van der Waals surface area (Å²) in [7, 11) is 6.75. The topological polar surface area (TPSA) is 111 Å². The van der Waals surface area contributed by atoms with E-state index in [-0.39, 0.29) is 23.3 Å². The zero-order valence-electron chi connectivity index (χ0n) is 21.9. The van der Waals surface area contributed by atoms with Gasteiger partial charge in [-0.3, -0.25) is 9.59 Å². The summed E-state index contributed by atoms with van der Waals surface area (Å²) in [5.41, 5.74) is 6.30. The third-order valence-electron chi connectivity index (χ3n) is 6.93. The molecule has 2 N–H and O–H groups in total. The van der Waals surface area contributed by atoms with Gasteiger partial charge < -0.3 is 29.6 Å². The van der Waals surface area contributed by atoms with Crippen molar-refractivity contribution in [3.05, 3.63) is 69.8 Å². The maximum absolute atomic E-state index is 12.9. The quantitative estimate of drug-likeness (QED) is 0.463. The van der Waals surface area contributed by atoms with Crippen molar-refractivity contribution in [3.63, 3.8) is 0 Å². The van der Waals surface area contributed by atoms with E-state index in [1.807, 2.05) is 12.2 Å². The lowest BCUT2D eigenvalue weighted by molar-refractivity contribution is 0.0916. The minimum absolute atomic E-state index is 0.130. The molecule has 1 saturated heterocycles.